The van der Waals surface area contributed by atoms with Gasteiger partial charge in [-0.2, -0.15) is 0 Å². The van der Waals surface area contributed by atoms with Crippen LogP contribution in [0.3, 0.4) is 0 Å². The zero-order valence-corrected chi connectivity index (χ0v) is 9.75. The lowest BCUT2D eigenvalue weighted by Crippen LogP contribution is -2.44. The molecule has 1 atom stereocenters. The molecule has 2 N–H and O–H groups in total. The van der Waals surface area contributed by atoms with Crippen LogP contribution in [0.15, 0.2) is 18.2 Å². The van der Waals surface area contributed by atoms with Crippen LogP contribution in [0.5, 0.6) is 0 Å². The fourth-order valence-corrected chi connectivity index (χ4v) is 2.01. The first-order valence-corrected chi connectivity index (χ1v) is 5.40. The topological polar surface area (TPSA) is 56.2 Å². The van der Waals surface area contributed by atoms with E-state index in [1.54, 1.807) is 24.9 Å². The SMILES string of the molecule is CNC(=O)C(C)N1Cc2ccc(F)cc2C1=N. The van der Waals surface area contributed by atoms with E-state index in [0.717, 1.165) is 5.56 Å². The van der Waals surface area contributed by atoms with E-state index in [2.05, 4.69) is 5.32 Å². The fraction of sp³-hybridized carbons (Fsp3) is 0.333. The van der Waals surface area contributed by atoms with Gasteiger partial charge < -0.3 is 10.2 Å². The van der Waals surface area contributed by atoms with Crippen LogP contribution in [-0.2, 0) is 11.3 Å². The number of rotatable bonds is 2. The molecule has 1 aromatic rings. The molecule has 1 aromatic carbocycles. The van der Waals surface area contributed by atoms with Crippen molar-refractivity contribution in [1.82, 2.24) is 10.2 Å². The maximum absolute atomic E-state index is 13.1. The molecule has 90 valence electrons. The van der Waals surface area contributed by atoms with Crippen molar-refractivity contribution in [3.8, 4) is 0 Å². The second-order valence-electron chi connectivity index (χ2n) is 4.07. The summed E-state index contributed by atoms with van der Waals surface area (Å²) in [6.45, 7) is 2.21. The molecule has 1 unspecified atom stereocenters. The first kappa shape index (κ1) is 11.6. The number of hydrogen-bond acceptors (Lipinski definition) is 2. The molecule has 1 aliphatic heterocycles. The highest BCUT2D eigenvalue weighted by Gasteiger charge is 2.30. The summed E-state index contributed by atoms with van der Waals surface area (Å²) >= 11 is 0. The molecule has 0 spiro atoms. The van der Waals surface area contributed by atoms with Crippen LogP contribution >= 0.6 is 0 Å². The zero-order valence-electron chi connectivity index (χ0n) is 9.75. The first-order valence-electron chi connectivity index (χ1n) is 5.40. The highest BCUT2D eigenvalue weighted by atomic mass is 19.1. The number of amidine groups is 1. The van der Waals surface area contributed by atoms with Crippen LogP contribution in [0.1, 0.15) is 18.1 Å². The van der Waals surface area contributed by atoms with E-state index in [9.17, 15) is 9.18 Å². The summed E-state index contributed by atoms with van der Waals surface area (Å²) < 4.78 is 13.1. The molecule has 0 aromatic heterocycles. The van der Waals surface area contributed by atoms with Gasteiger partial charge in [-0.05, 0) is 24.6 Å². The predicted molar refractivity (Wildman–Crippen MR) is 62.3 cm³/mol. The lowest BCUT2D eigenvalue weighted by Gasteiger charge is -2.24. The van der Waals surface area contributed by atoms with Gasteiger partial charge in [0.1, 0.15) is 17.7 Å². The maximum Gasteiger partial charge on any atom is 0.242 e. The average Bonchev–Trinajstić information content (AvgIpc) is 2.65. The van der Waals surface area contributed by atoms with Crippen LogP contribution < -0.4 is 5.32 Å². The molecule has 1 amide bonds. The lowest BCUT2D eigenvalue weighted by atomic mass is 10.1. The summed E-state index contributed by atoms with van der Waals surface area (Å²) in [6, 6.07) is 3.95. The molecule has 0 aliphatic carbocycles. The molecule has 5 heteroatoms. The molecule has 4 nitrogen and oxygen atoms in total. The van der Waals surface area contributed by atoms with Crippen molar-refractivity contribution in [2.45, 2.75) is 19.5 Å². The van der Waals surface area contributed by atoms with E-state index in [-0.39, 0.29) is 17.6 Å². The quantitative estimate of drug-likeness (QED) is 0.806. The van der Waals surface area contributed by atoms with Crippen LogP contribution in [0.25, 0.3) is 0 Å². The van der Waals surface area contributed by atoms with Crippen molar-refractivity contribution in [2.24, 2.45) is 0 Å². The Morgan fingerprint density at radius 1 is 1.59 bits per heavy atom. The van der Waals surface area contributed by atoms with Crippen molar-refractivity contribution in [3.05, 3.63) is 35.1 Å². The summed E-state index contributed by atoms with van der Waals surface area (Å²) in [5, 5.41) is 10.5. The molecular weight excluding hydrogens is 221 g/mol. The van der Waals surface area contributed by atoms with Gasteiger partial charge in [-0.25, -0.2) is 4.39 Å². The molecule has 0 fully saturated rings. The number of hydrogen-bond donors (Lipinski definition) is 2. The number of halogens is 1. The lowest BCUT2D eigenvalue weighted by molar-refractivity contribution is -0.124. The van der Waals surface area contributed by atoms with E-state index >= 15 is 0 Å². The standard InChI is InChI=1S/C12H14FN3O/c1-7(12(17)15-2)16-6-8-3-4-9(13)5-10(8)11(16)14/h3-5,7,14H,6H2,1-2H3,(H,15,17). The Hall–Kier alpha value is -1.91. The molecule has 2 rings (SSSR count). The minimum atomic E-state index is -0.428. The number of nitrogens with zero attached hydrogens (tertiary/aromatic N) is 1. The van der Waals surface area contributed by atoms with Crippen LogP contribution in [0, 0.1) is 11.2 Å². The highest BCUT2D eigenvalue weighted by Crippen LogP contribution is 2.25. The van der Waals surface area contributed by atoms with Crippen molar-refractivity contribution in [3.63, 3.8) is 0 Å². The van der Waals surface area contributed by atoms with Gasteiger partial charge in [0.05, 0.1) is 0 Å². The summed E-state index contributed by atoms with van der Waals surface area (Å²) in [4.78, 5) is 13.2. The molecule has 0 saturated carbocycles. The Morgan fingerprint density at radius 2 is 2.29 bits per heavy atom. The minimum Gasteiger partial charge on any atom is -0.357 e. The summed E-state index contributed by atoms with van der Waals surface area (Å²) in [5.41, 5.74) is 1.45. The molecule has 1 heterocycles. The van der Waals surface area contributed by atoms with Crippen LogP contribution in [0.2, 0.25) is 0 Å². The maximum atomic E-state index is 13.1. The number of carbonyl (C=O) groups is 1. The predicted octanol–water partition coefficient (Wildman–Crippen LogP) is 1.10. The number of fused-ring (bicyclic) bond motifs is 1. The van der Waals surface area contributed by atoms with Gasteiger partial charge in [-0.3, -0.25) is 10.2 Å². The number of benzene rings is 1. The Labute approximate surface area is 98.9 Å². The molecule has 1 aliphatic rings. The molecule has 0 radical (unpaired) electrons. The van der Waals surface area contributed by atoms with E-state index in [4.69, 9.17) is 5.41 Å². The Bertz CT molecular complexity index is 487. The molecule has 0 saturated heterocycles. The monoisotopic (exact) mass is 235 g/mol. The van der Waals surface area contributed by atoms with E-state index in [1.807, 2.05) is 0 Å². The Morgan fingerprint density at radius 3 is 2.94 bits per heavy atom. The largest absolute Gasteiger partial charge is 0.357 e. The molecule has 0 bridgehead atoms. The number of nitrogens with one attached hydrogen (secondary N) is 2. The van der Waals surface area contributed by atoms with Crippen LogP contribution in [-0.4, -0.2) is 29.7 Å². The summed E-state index contributed by atoms with van der Waals surface area (Å²) in [5.74, 6) is -0.304. The smallest absolute Gasteiger partial charge is 0.242 e. The van der Waals surface area contributed by atoms with Gasteiger partial charge in [0, 0.05) is 19.2 Å². The second kappa shape index (κ2) is 4.16. The van der Waals surface area contributed by atoms with E-state index in [0.29, 0.717) is 12.1 Å². The third kappa shape index (κ3) is 1.88. The van der Waals surface area contributed by atoms with Crippen molar-refractivity contribution < 1.29 is 9.18 Å². The van der Waals surface area contributed by atoms with Crippen LogP contribution in [0.4, 0.5) is 4.39 Å². The highest BCUT2D eigenvalue weighted by molar-refractivity contribution is 6.02. The Kier molecular flexibility index (Phi) is 2.83. The average molecular weight is 235 g/mol. The number of carbonyl (C=O) groups excluding carboxylic acids is 1. The summed E-state index contributed by atoms with van der Waals surface area (Å²) in [6.07, 6.45) is 0. The Balaban J connectivity index is 2.28. The van der Waals surface area contributed by atoms with Gasteiger partial charge in [-0.15, -0.1) is 0 Å². The normalized spacial score (nSPS) is 15.7. The summed E-state index contributed by atoms with van der Waals surface area (Å²) in [7, 11) is 1.56. The van der Waals surface area contributed by atoms with Gasteiger partial charge in [0.2, 0.25) is 5.91 Å². The van der Waals surface area contributed by atoms with Crippen molar-refractivity contribution >= 4 is 11.7 Å². The third-order valence-corrected chi connectivity index (χ3v) is 3.05. The zero-order chi connectivity index (χ0) is 12.6. The van der Waals surface area contributed by atoms with Crippen molar-refractivity contribution in [1.29, 1.82) is 5.41 Å². The first-order chi connectivity index (χ1) is 8.04. The van der Waals surface area contributed by atoms with Gasteiger partial charge >= 0.3 is 0 Å². The van der Waals surface area contributed by atoms with Gasteiger partial charge in [-0.1, -0.05) is 6.07 Å². The van der Waals surface area contributed by atoms with E-state index < -0.39 is 6.04 Å². The van der Waals surface area contributed by atoms with Gasteiger partial charge in [0.25, 0.3) is 0 Å². The minimum absolute atomic E-state index is 0.150. The molecule has 17 heavy (non-hydrogen) atoms. The second-order valence-corrected chi connectivity index (χ2v) is 4.07. The number of likely N-dealkylation sites (N-methyl/N-ethyl adjacent to an activating group) is 1. The molecular formula is C12H14FN3O. The van der Waals surface area contributed by atoms with Gasteiger partial charge in [0.15, 0.2) is 0 Å². The third-order valence-electron chi connectivity index (χ3n) is 3.05. The number of amides is 1. The fourth-order valence-electron chi connectivity index (χ4n) is 2.01. The van der Waals surface area contributed by atoms with E-state index in [1.165, 1.54) is 12.1 Å². The van der Waals surface area contributed by atoms with Crippen molar-refractivity contribution in [2.75, 3.05) is 7.05 Å².